The molecule has 2 nitrogen and oxygen atoms in total. The van der Waals surface area contributed by atoms with Gasteiger partial charge in [-0.2, -0.15) is 0 Å². The van der Waals surface area contributed by atoms with Crippen LogP contribution in [0.3, 0.4) is 0 Å². The van der Waals surface area contributed by atoms with Crippen molar-refractivity contribution in [2.75, 3.05) is 0 Å². The molecule has 1 aromatic carbocycles. The Morgan fingerprint density at radius 2 is 2.27 bits per heavy atom. The van der Waals surface area contributed by atoms with Crippen molar-refractivity contribution >= 4 is 21.7 Å². The number of aryl methyl sites for hydroxylation is 1. The minimum Gasteiger partial charge on any atom is -0.490 e. The smallest absolute Gasteiger partial charge is 0.136 e. The van der Waals surface area contributed by atoms with Crippen LogP contribution < -0.4 is 4.74 Å². The van der Waals surface area contributed by atoms with Crippen LogP contribution in [0.15, 0.2) is 22.7 Å². The largest absolute Gasteiger partial charge is 0.490 e. The van der Waals surface area contributed by atoms with Crippen molar-refractivity contribution in [3.05, 3.63) is 28.2 Å². The van der Waals surface area contributed by atoms with Crippen LogP contribution in [-0.2, 0) is 4.79 Å². The molecule has 0 aliphatic heterocycles. The predicted octanol–water partition coefficient (Wildman–Crippen LogP) is 3.26. The summed E-state index contributed by atoms with van der Waals surface area (Å²) in [5.74, 6) is 1.20. The first kappa shape index (κ1) is 10.7. The van der Waals surface area contributed by atoms with Gasteiger partial charge in [0.05, 0.1) is 0 Å². The number of halogens is 1. The lowest BCUT2D eigenvalue weighted by Crippen LogP contribution is -2.12. The molecular formula is C12H13BrO2. The Morgan fingerprint density at radius 1 is 1.47 bits per heavy atom. The van der Waals surface area contributed by atoms with Crippen molar-refractivity contribution in [2.45, 2.75) is 32.3 Å². The first-order valence-electron chi connectivity index (χ1n) is 5.09. The Kier molecular flexibility index (Phi) is 3.10. The Labute approximate surface area is 97.8 Å². The van der Waals surface area contributed by atoms with E-state index in [0.29, 0.717) is 18.6 Å². The molecule has 0 heterocycles. The van der Waals surface area contributed by atoms with E-state index in [1.807, 2.05) is 25.1 Å². The highest BCUT2D eigenvalue weighted by Crippen LogP contribution is 2.26. The number of rotatable bonds is 2. The average Bonchev–Trinajstić information content (AvgIpc) is 2.56. The number of hydrogen-bond donors (Lipinski definition) is 0. The van der Waals surface area contributed by atoms with Gasteiger partial charge in [-0.15, -0.1) is 0 Å². The van der Waals surface area contributed by atoms with Crippen LogP contribution in [0.1, 0.15) is 24.8 Å². The van der Waals surface area contributed by atoms with Gasteiger partial charge in [0.2, 0.25) is 0 Å². The second-order valence-electron chi connectivity index (χ2n) is 3.93. The Bertz CT molecular complexity index is 387. The summed E-state index contributed by atoms with van der Waals surface area (Å²) in [6.45, 7) is 2.01. The Hall–Kier alpha value is -0.830. The van der Waals surface area contributed by atoms with Gasteiger partial charge in [0.1, 0.15) is 17.6 Å². The third-order valence-corrected chi connectivity index (χ3v) is 3.12. The molecule has 3 heteroatoms. The molecule has 1 aliphatic carbocycles. The molecule has 0 aromatic heterocycles. The summed E-state index contributed by atoms with van der Waals surface area (Å²) in [7, 11) is 0. The number of benzene rings is 1. The summed E-state index contributed by atoms with van der Waals surface area (Å²) in [4.78, 5) is 11.1. The molecule has 1 saturated carbocycles. The minimum atomic E-state index is 0.0809. The van der Waals surface area contributed by atoms with Crippen molar-refractivity contribution in [3.63, 3.8) is 0 Å². The lowest BCUT2D eigenvalue weighted by molar-refractivity contribution is -0.117. The second-order valence-corrected chi connectivity index (χ2v) is 4.85. The topological polar surface area (TPSA) is 26.3 Å². The van der Waals surface area contributed by atoms with E-state index >= 15 is 0 Å². The summed E-state index contributed by atoms with van der Waals surface area (Å²) >= 11 is 3.41. The summed E-state index contributed by atoms with van der Waals surface area (Å²) < 4.78 is 6.84. The van der Waals surface area contributed by atoms with Crippen LogP contribution in [0.5, 0.6) is 5.75 Å². The third kappa shape index (κ3) is 2.59. The molecule has 0 spiro atoms. The van der Waals surface area contributed by atoms with Crippen molar-refractivity contribution in [3.8, 4) is 5.75 Å². The molecule has 1 unspecified atom stereocenters. The molecule has 80 valence electrons. The van der Waals surface area contributed by atoms with Crippen LogP contribution in [0.2, 0.25) is 0 Å². The minimum absolute atomic E-state index is 0.0809. The van der Waals surface area contributed by atoms with Crippen LogP contribution in [0, 0.1) is 6.92 Å². The van der Waals surface area contributed by atoms with E-state index in [4.69, 9.17) is 4.74 Å². The molecule has 2 rings (SSSR count). The van der Waals surface area contributed by atoms with Crippen molar-refractivity contribution < 1.29 is 9.53 Å². The molecule has 1 aromatic rings. The molecule has 0 saturated heterocycles. The lowest BCUT2D eigenvalue weighted by atomic mass is 10.2. The molecule has 0 radical (unpaired) electrons. The SMILES string of the molecule is Cc1cc(Br)ccc1OC1CCC(=O)C1. The highest BCUT2D eigenvalue weighted by Gasteiger charge is 2.23. The summed E-state index contributed by atoms with van der Waals surface area (Å²) in [6, 6.07) is 5.92. The van der Waals surface area contributed by atoms with Crippen LogP contribution in [0.25, 0.3) is 0 Å². The number of carbonyl (C=O) groups excluding carboxylic acids is 1. The van der Waals surface area contributed by atoms with Crippen LogP contribution >= 0.6 is 15.9 Å². The molecular weight excluding hydrogens is 256 g/mol. The predicted molar refractivity (Wildman–Crippen MR) is 62.2 cm³/mol. The fourth-order valence-corrected chi connectivity index (χ4v) is 2.28. The molecule has 1 aliphatic rings. The van der Waals surface area contributed by atoms with Gasteiger partial charge in [-0.05, 0) is 37.1 Å². The van der Waals surface area contributed by atoms with E-state index in [2.05, 4.69) is 15.9 Å². The zero-order chi connectivity index (χ0) is 10.8. The molecule has 1 fully saturated rings. The summed E-state index contributed by atoms with van der Waals surface area (Å²) in [5, 5.41) is 0. The van der Waals surface area contributed by atoms with E-state index in [9.17, 15) is 4.79 Å². The Balaban J connectivity index is 2.07. The maximum atomic E-state index is 11.1. The number of carbonyl (C=O) groups is 1. The number of ether oxygens (including phenoxy) is 1. The zero-order valence-electron chi connectivity index (χ0n) is 8.63. The van der Waals surface area contributed by atoms with E-state index in [-0.39, 0.29) is 6.10 Å². The maximum absolute atomic E-state index is 11.1. The summed E-state index contributed by atoms with van der Waals surface area (Å²) in [5.41, 5.74) is 1.10. The van der Waals surface area contributed by atoms with E-state index in [1.54, 1.807) is 0 Å². The average molecular weight is 269 g/mol. The van der Waals surface area contributed by atoms with Gasteiger partial charge in [0.25, 0.3) is 0 Å². The van der Waals surface area contributed by atoms with Gasteiger partial charge in [-0.3, -0.25) is 4.79 Å². The molecule has 15 heavy (non-hydrogen) atoms. The molecule has 0 amide bonds. The zero-order valence-corrected chi connectivity index (χ0v) is 10.2. The monoisotopic (exact) mass is 268 g/mol. The number of hydrogen-bond acceptors (Lipinski definition) is 2. The number of ketones is 1. The molecule has 1 atom stereocenters. The van der Waals surface area contributed by atoms with Crippen molar-refractivity contribution in [2.24, 2.45) is 0 Å². The van der Waals surface area contributed by atoms with Crippen LogP contribution in [-0.4, -0.2) is 11.9 Å². The highest BCUT2D eigenvalue weighted by atomic mass is 79.9. The van der Waals surface area contributed by atoms with E-state index < -0.39 is 0 Å². The van der Waals surface area contributed by atoms with Crippen LogP contribution in [0.4, 0.5) is 0 Å². The first-order valence-corrected chi connectivity index (χ1v) is 5.89. The lowest BCUT2D eigenvalue weighted by Gasteiger charge is -2.14. The van der Waals surface area contributed by atoms with Gasteiger partial charge in [0, 0.05) is 17.3 Å². The molecule has 0 N–H and O–H groups in total. The van der Waals surface area contributed by atoms with Gasteiger partial charge in [-0.25, -0.2) is 0 Å². The van der Waals surface area contributed by atoms with Crippen molar-refractivity contribution in [1.82, 2.24) is 0 Å². The van der Waals surface area contributed by atoms with Gasteiger partial charge in [0.15, 0.2) is 0 Å². The standard InChI is InChI=1S/C12H13BrO2/c1-8-6-9(13)2-5-12(8)15-11-4-3-10(14)7-11/h2,5-6,11H,3-4,7H2,1H3. The van der Waals surface area contributed by atoms with Gasteiger partial charge in [-0.1, -0.05) is 15.9 Å². The second kappa shape index (κ2) is 4.35. The molecule has 0 bridgehead atoms. The van der Waals surface area contributed by atoms with Gasteiger partial charge < -0.3 is 4.74 Å². The highest BCUT2D eigenvalue weighted by molar-refractivity contribution is 9.10. The third-order valence-electron chi connectivity index (χ3n) is 2.63. The quantitative estimate of drug-likeness (QED) is 0.823. The first-order chi connectivity index (χ1) is 7.15. The normalized spacial score (nSPS) is 20.7. The van der Waals surface area contributed by atoms with E-state index in [1.165, 1.54) is 0 Å². The summed E-state index contributed by atoms with van der Waals surface area (Å²) in [6.07, 6.45) is 2.17. The number of Topliss-reactive ketones (excluding diaryl/α,β-unsaturated/α-hetero) is 1. The van der Waals surface area contributed by atoms with Gasteiger partial charge >= 0.3 is 0 Å². The fraction of sp³-hybridized carbons (Fsp3) is 0.417. The van der Waals surface area contributed by atoms with Crippen molar-refractivity contribution in [1.29, 1.82) is 0 Å². The Morgan fingerprint density at radius 3 is 2.87 bits per heavy atom. The maximum Gasteiger partial charge on any atom is 0.136 e. The fourth-order valence-electron chi connectivity index (χ4n) is 1.81. The van der Waals surface area contributed by atoms with E-state index in [0.717, 1.165) is 22.2 Å².